The Morgan fingerprint density at radius 2 is 2.00 bits per heavy atom. The van der Waals surface area contributed by atoms with Crippen LogP contribution < -0.4 is 10.1 Å². The third-order valence-electron chi connectivity index (χ3n) is 2.58. The molecule has 0 aliphatic rings. The number of hydrogen-bond acceptors (Lipinski definition) is 5. The number of aromatic nitrogens is 3. The van der Waals surface area contributed by atoms with Gasteiger partial charge in [-0.2, -0.15) is 4.98 Å². The number of hydrogen-bond donors (Lipinski definition) is 1. The summed E-state index contributed by atoms with van der Waals surface area (Å²) < 4.78 is 5.59. The van der Waals surface area contributed by atoms with E-state index in [0.717, 1.165) is 25.2 Å². The minimum Gasteiger partial charge on any atom is -0.477 e. The van der Waals surface area contributed by atoms with Gasteiger partial charge in [0.25, 0.3) is 0 Å². The first-order chi connectivity index (χ1) is 9.38. The third kappa shape index (κ3) is 4.54. The van der Waals surface area contributed by atoms with Crippen LogP contribution in [0, 0.1) is 0 Å². The molecule has 1 N–H and O–H groups in total. The smallest absolute Gasteiger partial charge is 0.234 e. The molecule has 0 spiro atoms. The van der Waals surface area contributed by atoms with Gasteiger partial charge in [0.05, 0.1) is 19.0 Å². The van der Waals surface area contributed by atoms with Gasteiger partial charge in [-0.25, -0.2) is 0 Å². The summed E-state index contributed by atoms with van der Waals surface area (Å²) in [6.07, 6.45) is 8.85. The van der Waals surface area contributed by atoms with Crippen molar-refractivity contribution in [2.75, 3.05) is 18.5 Å². The summed E-state index contributed by atoms with van der Waals surface area (Å²) in [5.74, 6) is 1.31. The summed E-state index contributed by atoms with van der Waals surface area (Å²) in [5, 5.41) is 3.10. The molecule has 0 unspecified atom stereocenters. The quantitative estimate of drug-likeness (QED) is 0.772. The lowest BCUT2D eigenvalue weighted by atomic mass is 10.1. The van der Waals surface area contributed by atoms with Crippen molar-refractivity contribution in [2.45, 2.75) is 19.8 Å². The highest BCUT2D eigenvalue weighted by Crippen LogP contribution is 2.09. The van der Waals surface area contributed by atoms with E-state index in [0.29, 0.717) is 12.5 Å². The molecular formula is C14H18N4O. The van der Waals surface area contributed by atoms with Gasteiger partial charge in [0.1, 0.15) is 5.82 Å². The fourth-order valence-electron chi connectivity index (χ4n) is 1.69. The molecule has 2 rings (SSSR count). The molecule has 0 aliphatic heterocycles. The van der Waals surface area contributed by atoms with Crippen LogP contribution in [-0.4, -0.2) is 28.1 Å². The minimum atomic E-state index is 0.563. The lowest BCUT2D eigenvalue weighted by Gasteiger charge is -2.07. The highest BCUT2D eigenvalue weighted by molar-refractivity contribution is 5.32. The maximum absolute atomic E-state index is 5.59. The second-order valence-corrected chi connectivity index (χ2v) is 4.08. The molecule has 0 amide bonds. The monoisotopic (exact) mass is 258 g/mol. The van der Waals surface area contributed by atoms with E-state index >= 15 is 0 Å². The SMILES string of the molecule is CCNc1cncc(OCCCc2ccncc2)n1. The molecule has 0 aliphatic carbocycles. The van der Waals surface area contributed by atoms with Crippen molar-refractivity contribution in [3.8, 4) is 5.88 Å². The van der Waals surface area contributed by atoms with Gasteiger partial charge in [0.15, 0.2) is 0 Å². The Hall–Kier alpha value is -2.17. The normalized spacial score (nSPS) is 10.2. The molecule has 0 aromatic carbocycles. The highest BCUT2D eigenvalue weighted by atomic mass is 16.5. The molecule has 2 aromatic heterocycles. The zero-order chi connectivity index (χ0) is 13.3. The van der Waals surface area contributed by atoms with Gasteiger partial charge in [-0.05, 0) is 37.5 Å². The number of nitrogens with one attached hydrogen (secondary N) is 1. The topological polar surface area (TPSA) is 59.9 Å². The predicted octanol–water partition coefficient (Wildman–Crippen LogP) is 2.32. The van der Waals surface area contributed by atoms with Crippen molar-refractivity contribution in [3.05, 3.63) is 42.5 Å². The van der Waals surface area contributed by atoms with Crippen LogP contribution in [0.3, 0.4) is 0 Å². The van der Waals surface area contributed by atoms with Gasteiger partial charge >= 0.3 is 0 Å². The second-order valence-electron chi connectivity index (χ2n) is 4.08. The zero-order valence-electron chi connectivity index (χ0n) is 11.0. The van der Waals surface area contributed by atoms with Crippen molar-refractivity contribution in [3.63, 3.8) is 0 Å². The molecule has 0 saturated heterocycles. The van der Waals surface area contributed by atoms with Crippen LogP contribution in [0.5, 0.6) is 5.88 Å². The summed E-state index contributed by atoms with van der Waals surface area (Å²) in [5.41, 5.74) is 1.27. The zero-order valence-corrected chi connectivity index (χ0v) is 11.0. The lowest BCUT2D eigenvalue weighted by Crippen LogP contribution is -2.04. The number of pyridine rings is 1. The standard InChI is InChI=1S/C14H18N4O/c1-2-17-13-10-16-11-14(18-13)19-9-3-4-12-5-7-15-8-6-12/h5-8,10-11H,2-4,9H2,1H3,(H,17,18). The number of anilines is 1. The Labute approximate surface area is 113 Å². The van der Waals surface area contributed by atoms with Crippen molar-refractivity contribution < 1.29 is 4.74 Å². The highest BCUT2D eigenvalue weighted by Gasteiger charge is 1.99. The third-order valence-corrected chi connectivity index (χ3v) is 2.58. The van der Waals surface area contributed by atoms with Crippen molar-refractivity contribution in [1.29, 1.82) is 0 Å². The van der Waals surface area contributed by atoms with Crippen LogP contribution in [-0.2, 0) is 6.42 Å². The first-order valence-corrected chi connectivity index (χ1v) is 6.46. The molecule has 0 atom stereocenters. The van der Waals surface area contributed by atoms with E-state index in [1.165, 1.54) is 5.56 Å². The largest absolute Gasteiger partial charge is 0.477 e. The maximum Gasteiger partial charge on any atom is 0.234 e. The molecular weight excluding hydrogens is 240 g/mol. The van der Waals surface area contributed by atoms with Crippen LogP contribution in [0.1, 0.15) is 18.9 Å². The van der Waals surface area contributed by atoms with E-state index < -0.39 is 0 Å². The van der Waals surface area contributed by atoms with Crippen LogP contribution in [0.2, 0.25) is 0 Å². The summed E-state index contributed by atoms with van der Waals surface area (Å²) in [6, 6.07) is 4.04. The first-order valence-electron chi connectivity index (χ1n) is 6.46. The first kappa shape index (κ1) is 13.3. The molecule has 2 heterocycles. The predicted molar refractivity (Wildman–Crippen MR) is 74.2 cm³/mol. The van der Waals surface area contributed by atoms with Gasteiger partial charge < -0.3 is 10.1 Å². The Morgan fingerprint density at radius 1 is 1.16 bits per heavy atom. The Kier molecular flexibility index (Phi) is 5.10. The molecule has 5 nitrogen and oxygen atoms in total. The van der Waals surface area contributed by atoms with Crippen molar-refractivity contribution in [2.24, 2.45) is 0 Å². The van der Waals surface area contributed by atoms with Gasteiger partial charge in [-0.3, -0.25) is 9.97 Å². The summed E-state index contributed by atoms with van der Waals surface area (Å²) in [4.78, 5) is 12.4. The van der Waals surface area contributed by atoms with Crippen LogP contribution >= 0.6 is 0 Å². The van der Waals surface area contributed by atoms with Crippen LogP contribution in [0.25, 0.3) is 0 Å². The van der Waals surface area contributed by atoms with Crippen molar-refractivity contribution >= 4 is 5.82 Å². The number of ether oxygens (including phenoxy) is 1. The Morgan fingerprint density at radius 3 is 2.79 bits per heavy atom. The molecule has 0 fully saturated rings. The summed E-state index contributed by atoms with van der Waals surface area (Å²) in [6.45, 7) is 3.47. The average molecular weight is 258 g/mol. The number of rotatable bonds is 7. The molecule has 100 valence electrons. The van der Waals surface area contributed by atoms with E-state index in [-0.39, 0.29) is 0 Å². The molecule has 5 heteroatoms. The molecule has 2 aromatic rings. The minimum absolute atomic E-state index is 0.563. The maximum atomic E-state index is 5.59. The van der Waals surface area contributed by atoms with Crippen molar-refractivity contribution in [1.82, 2.24) is 15.0 Å². The van der Waals surface area contributed by atoms with Gasteiger partial charge in [-0.15, -0.1) is 0 Å². The molecule has 0 radical (unpaired) electrons. The van der Waals surface area contributed by atoms with Gasteiger partial charge in [0, 0.05) is 18.9 Å². The van der Waals surface area contributed by atoms with Gasteiger partial charge in [0.2, 0.25) is 5.88 Å². The van der Waals surface area contributed by atoms with E-state index in [1.807, 2.05) is 31.5 Å². The lowest BCUT2D eigenvalue weighted by molar-refractivity contribution is 0.298. The van der Waals surface area contributed by atoms with Gasteiger partial charge in [-0.1, -0.05) is 0 Å². The Bertz CT molecular complexity index is 490. The van der Waals surface area contributed by atoms with E-state index in [9.17, 15) is 0 Å². The molecule has 0 bridgehead atoms. The number of aryl methyl sites for hydroxylation is 1. The fourth-order valence-corrected chi connectivity index (χ4v) is 1.69. The number of nitrogens with zero attached hydrogens (tertiary/aromatic N) is 3. The summed E-state index contributed by atoms with van der Waals surface area (Å²) >= 11 is 0. The average Bonchev–Trinajstić information content (AvgIpc) is 2.46. The van der Waals surface area contributed by atoms with E-state index in [1.54, 1.807) is 12.4 Å². The van der Waals surface area contributed by atoms with Crippen LogP contribution in [0.4, 0.5) is 5.82 Å². The summed E-state index contributed by atoms with van der Waals surface area (Å²) in [7, 11) is 0. The van der Waals surface area contributed by atoms with E-state index in [4.69, 9.17) is 4.74 Å². The second kappa shape index (κ2) is 7.31. The Balaban J connectivity index is 1.75. The molecule has 19 heavy (non-hydrogen) atoms. The van der Waals surface area contributed by atoms with Crippen LogP contribution in [0.15, 0.2) is 36.9 Å². The fraction of sp³-hybridized carbons (Fsp3) is 0.357. The molecule has 0 saturated carbocycles. The van der Waals surface area contributed by atoms with E-state index in [2.05, 4.69) is 20.3 Å².